The summed E-state index contributed by atoms with van der Waals surface area (Å²) in [5, 5.41) is 16.6. The van der Waals surface area contributed by atoms with E-state index in [0.29, 0.717) is 12.1 Å². The summed E-state index contributed by atoms with van der Waals surface area (Å²) < 4.78 is 0. The van der Waals surface area contributed by atoms with Crippen LogP contribution in [0.1, 0.15) is 19.8 Å². The molecule has 0 unspecified atom stereocenters. The summed E-state index contributed by atoms with van der Waals surface area (Å²) in [7, 11) is 0. The van der Waals surface area contributed by atoms with Crippen molar-refractivity contribution >= 4 is 5.71 Å². The molecule has 7 heavy (non-hydrogen) atoms. The molecule has 2 nitrogen and oxygen atoms in total. The van der Waals surface area contributed by atoms with Crippen molar-refractivity contribution in [1.29, 1.82) is 5.41 Å². The number of hydrogen-bond donors (Lipinski definition) is 1. The molecule has 0 aromatic carbocycles. The van der Waals surface area contributed by atoms with Gasteiger partial charge in [0.15, 0.2) is 0 Å². The van der Waals surface area contributed by atoms with Gasteiger partial charge in [0, 0.05) is 5.71 Å². The molecular weight excluding hydrogens is 90.1 g/mol. The fourth-order valence-corrected chi connectivity index (χ4v) is 0.374. The minimum absolute atomic E-state index is 0.322. The zero-order chi connectivity index (χ0) is 5.70. The lowest BCUT2D eigenvalue weighted by molar-refractivity contribution is 0.242. The molecule has 0 aliphatic carbocycles. The molecule has 0 aliphatic rings. The van der Waals surface area contributed by atoms with Gasteiger partial charge in [-0.1, -0.05) is 13.3 Å². The average molecular weight is 100 g/mol. The quantitative estimate of drug-likeness (QED) is 0.518. The summed E-state index contributed by atoms with van der Waals surface area (Å²) in [5.74, 6) is 0. The first-order chi connectivity index (χ1) is 3.31. The normalized spacial score (nSPS) is 8.86. The Bertz CT molecular complexity index is 61.1. The highest BCUT2D eigenvalue weighted by atomic mass is 16.3. The zero-order valence-corrected chi connectivity index (χ0v) is 4.53. The Morgan fingerprint density at radius 2 is 2.29 bits per heavy atom. The van der Waals surface area contributed by atoms with Crippen molar-refractivity contribution in [2.75, 3.05) is 6.61 Å². The summed E-state index contributed by atoms with van der Waals surface area (Å²) >= 11 is 0. The van der Waals surface area contributed by atoms with Gasteiger partial charge < -0.3 is 5.41 Å². The third-order valence-electron chi connectivity index (χ3n) is 0.726. The van der Waals surface area contributed by atoms with Gasteiger partial charge >= 0.3 is 0 Å². The molecule has 0 saturated heterocycles. The molecule has 0 spiro atoms. The standard InChI is InChI=1S/C5H10NO/c1-2-3-5(6)4-7/h6H,2-4H2,1H3. The fourth-order valence-electron chi connectivity index (χ4n) is 0.374. The topological polar surface area (TPSA) is 43.8 Å². The molecule has 0 saturated carbocycles. The van der Waals surface area contributed by atoms with Crippen molar-refractivity contribution < 1.29 is 5.11 Å². The molecule has 0 heterocycles. The van der Waals surface area contributed by atoms with Gasteiger partial charge in [0.25, 0.3) is 0 Å². The van der Waals surface area contributed by atoms with Crippen LogP contribution in [0.2, 0.25) is 0 Å². The van der Waals surface area contributed by atoms with Crippen LogP contribution in [0.5, 0.6) is 0 Å². The molecule has 0 amide bonds. The van der Waals surface area contributed by atoms with Crippen molar-refractivity contribution in [3.8, 4) is 0 Å². The summed E-state index contributed by atoms with van der Waals surface area (Å²) in [4.78, 5) is 0. The molecule has 0 fully saturated rings. The van der Waals surface area contributed by atoms with E-state index < -0.39 is 0 Å². The molecule has 0 rings (SSSR count). The largest absolute Gasteiger partial charge is 0.307 e. The van der Waals surface area contributed by atoms with Crippen molar-refractivity contribution in [3.05, 3.63) is 0 Å². The van der Waals surface area contributed by atoms with Crippen LogP contribution in [-0.4, -0.2) is 12.3 Å². The van der Waals surface area contributed by atoms with E-state index in [9.17, 15) is 5.11 Å². The van der Waals surface area contributed by atoms with Crippen LogP contribution in [0.3, 0.4) is 0 Å². The highest BCUT2D eigenvalue weighted by Crippen LogP contribution is 1.86. The van der Waals surface area contributed by atoms with Crippen LogP contribution in [0.15, 0.2) is 0 Å². The predicted molar refractivity (Wildman–Crippen MR) is 28.2 cm³/mol. The smallest absolute Gasteiger partial charge is 0.120 e. The molecule has 2 heteroatoms. The van der Waals surface area contributed by atoms with Crippen LogP contribution in [0.25, 0.3) is 0 Å². The van der Waals surface area contributed by atoms with Gasteiger partial charge in [-0.05, 0) is 6.42 Å². The number of nitrogens with one attached hydrogen (secondary N) is 1. The second kappa shape index (κ2) is 3.81. The highest BCUT2D eigenvalue weighted by Gasteiger charge is 1.89. The predicted octanol–water partition coefficient (Wildman–Crippen LogP) is 1.24. The van der Waals surface area contributed by atoms with Gasteiger partial charge in [-0.3, -0.25) is 0 Å². The Labute approximate surface area is 43.7 Å². The monoisotopic (exact) mass is 100 g/mol. The number of rotatable bonds is 3. The average Bonchev–Trinajstić information content (AvgIpc) is 1.68. The van der Waals surface area contributed by atoms with Crippen LogP contribution in [0.4, 0.5) is 0 Å². The third-order valence-corrected chi connectivity index (χ3v) is 0.726. The van der Waals surface area contributed by atoms with Gasteiger partial charge in [-0.2, -0.15) is 0 Å². The van der Waals surface area contributed by atoms with Gasteiger partial charge in [-0.25, -0.2) is 5.11 Å². The van der Waals surface area contributed by atoms with E-state index in [1.807, 2.05) is 6.92 Å². The minimum Gasteiger partial charge on any atom is -0.307 e. The molecule has 0 aromatic heterocycles. The van der Waals surface area contributed by atoms with Crippen LogP contribution in [0, 0.1) is 5.41 Å². The van der Waals surface area contributed by atoms with E-state index in [2.05, 4.69) is 0 Å². The molecule has 0 aliphatic heterocycles. The lowest BCUT2D eigenvalue weighted by Crippen LogP contribution is -1.98. The summed E-state index contributed by atoms with van der Waals surface area (Å²) in [6, 6.07) is 0. The first-order valence-corrected chi connectivity index (χ1v) is 2.45. The number of hydrogen-bond acceptors (Lipinski definition) is 1. The Kier molecular flexibility index (Phi) is 3.61. The summed E-state index contributed by atoms with van der Waals surface area (Å²) in [6.07, 6.45) is 1.59. The van der Waals surface area contributed by atoms with Gasteiger partial charge in [0.2, 0.25) is 0 Å². The van der Waals surface area contributed by atoms with E-state index in [1.54, 1.807) is 0 Å². The maximum Gasteiger partial charge on any atom is 0.120 e. The molecule has 1 N–H and O–H groups in total. The molecule has 0 atom stereocenters. The Morgan fingerprint density at radius 1 is 1.71 bits per heavy atom. The van der Waals surface area contributed by atoms with Crippen molar-refractivity contribution in [3.63, 3.8) is 0 Å². The highest BCUT2D eigenvalue weighted by molar-refractivity contribution is 5.82. The van der Waals surface area contributed by atoms with Crippen LogP contribution >= 0.6 is 0 Å². The first kappa shape index (κ1) is 6.63. The first-order valence-electron chi connectivity index (χ1n) is 2.45. The van der Waals surface area contributed by atoms with Gasteiger partial charge in [0.1, 0.15) is 6.61 Å². The van der Waals surface area contributed by atoms with Gasteiger partial charge in [-0.15, -0.1) is 0 Å². The van der Waals surface area contributed by atoms with Gasteiger partial charge in [0.05, 0.1) is 0 Å². The van der Waals surface area contributed by atoms with E-state index in [0.717, 1.165) is 6.42 Å². The van der Waals surface area contributed by atoms with Crippen molar-refractivity contribution in [1.82, 2.24) is 0 Å². The Morgan fingerprint density at radius 3 is 2.43 bits per heavy atom. The summed E-state index contributed by atoms with van der Waals surface area (Å²) in [5.41, 5.74) is 0.322. The van der Waals surface area contributed by atoms with E-state index in [4.69, 9.17) is 5.41 Å². The maximum atomic E-state index is 9.80. The SMILES string of the molecule is CCCC(=N)C[O]. The van der Waals surface area contributed by atoms with E-state index in [-0.39, 0.29) is 6.61 Å². The lowest BCUT2D eigenvalue weighted by atomic mass is 10.2. The molecule has 0 aromatic rings. The Hall–Kier alpha value is -0.370. The van der Waals surface area contributed by atoms with Crippen LogP contribution in [-0.2, 0) is 5.11 Å². The zero-order valence-electron chi connectivity index (χ0n) is 4.53. The fraction of sp³-hybridized carbons (Fsp3) is 0.800. The third kappa shape index (κ3) is 3.46. The Balaban J connectivity index is 3.00. The molecule has 0 bridgehead atoms. The molecule has 1 radical (unpaired) electrons. The second-order valence-corrected chi connectivity index (χ2v) is 1.50. The summed E-state index contributed by atoms with van der Waals surface area (Å²) in [6.45, 7) is 1.64. The minimum atomic E-state index is -0.326. The van der Waals surface area contributed by atoms with Crippen LogP contribution < -0.4 is 0 Å². The van der Waals surface area contributed by atoms with Crippen molar-refractivity contribution in [2.24, 2.45) is 0 Å². The van der Waals surface area contributed by atoms with E-state index in [1.165, 1.54) is 0 Å². The van der Waals surface area contributed by atoms with Crippen molar-refractivity contribution in [2.45, 2.75) is 19.8 Å². The maximum absolute atomic E-state index is 9.80. The second-order valence-electron chi connectivity index (χ2n) is 1.50. The van der Waals surface area contributed by atoms with E-state index >= 15 is 0 Å². The lowest BCUT2D eigenvalue weighted by Gasteiger charge is -1.89. The molecule has 41 valence electrons. The molecular formula is C5H10NO.